The Morgan fingerprint density at radius 1 is 1.17 bits per heavy atom. The summed E-state index contributed by atoms with van der Waals surface area (Å²) in [5.41, 5.74) is 0.528. The van der Waals surface area contributed by atoms with Gasteiger partial charge in [-0.25, -0.2) is 0 Å². The maximum atomic E-state index is 3.73. The standard InChI is InChI=1S/C15H31N3/c1-5-16-13-6-7-15(2,3)12-14(13)18-10-8-17(4)9-11-18/h13-14,16H,5-12H2,1-4H3. The molecule has 2 fully saturated rings. The van der Waals surface area contributed by atoms with Gasteiger partial charge in [0.25, 0.3) is 0 Å². The van der Waals surface area contributed by atoms with Crippen LogP contribution in [0.25, 0.3) is 0 Å². The lowest BCUT2D eigenvalue weighted by Crippen LogP contribution is -2.58. The minimum Gasteiger partial charge on any atom is -0.313 e. The molecule has 1 N–H and O–H groups in total. The number of rotatable bonds is 3. The first-order valence-corrected chi connectivity index (χ1v) is 7.68. The molecule has 2 aliphatic rings. The van der Waals surface area contributed by atoms with Crippen LogP contribution in [0, 0.1) is 5.41 Å². The van der Waals surface area contributed by atoms with Gasteiger partial charge in [0.1, 0.15) is 0 Å². The van der Waals surface area contributed by atoms with E-state index in [0.717, 1.165) is 12.6 Å². The highest BCUT2D eigenvalue weighted by Gasteiger charge is 2.38. The first kappa shape index (κ1) is 14.3. The fraction of sp³-hybridized carbons (Fsp3) is 1.00. The first-order valence-electron chi connectivity index (χ1n) is 7.68. The Labute approximate surface area is 113 Å². The second-order valence-electron chi connectivity index (χ2n) is 6.98. The van der Waals surface area contributed by atoms with Crippen molar-refractivity contribution in [3.05, 3.63) is 0 Å². The predicted octanol–water partition coefficient (Wildman–Crippen LogP) is 1.79. The molecule has 2 atom stereocenters. The van der Waals surface area contributed by atoms with Gasteiger partial charge in [-0.3, -0.25) is 4.90 Å². The summed E-state index contributed by atoms with van der Waals surface area (Å²) in [6.07, 6.45) is 4.07. The highest BCUT2D eigenvalue weighted by Crippen LogP contribution is 2.37. The van der Waals surface area contributed by atoms with E-state index in [1.165, 1.54) is 45.4 Å². The van der Waals surface area contributed by atoms with Gasteiger partial charge in [0.05, 0.1) is 0 Å². The number of nitrogens with one attached hydrogen (secondary N) is 1. The Bertz CT molecular complexity index is 256. The number of nitrogens with zero attached hydrogens (tertiary/aromatic N) is 2. The first-order chi connectivity index (χ1) is 8.52. The third kappa shape index (κ3) is 3.46. The van der Waals surface area contributed by atoms with Gasteiger partial charge in [0.15, 0.2) is 0 Å². The van der Waals surface area contributed by atoms with Crippen LogP contribution in [0.4, 0.5) is 0 Å². The minimum absolute atomic E-state index is 0.528. The monoisotopic (exact) mass is 253 g/mol. The molecule has 0 bridgehead atoms. The second-order valence-corrected chi connectivity index (χ2v) is 6.98. The molecule has 0 amide bonds. The molecule has 2 rings (SSSR count). The molecule has 3 nitrogen and oxygen atoms in total. The van der Waals surface area contributed by atoms with Crippen LogP contribution >= 0.6 is 0 Å². The summed E-state index contributed by atoms with van der Waals surface area (Å²) in [5, 5.41) is 3.73. The lowest BCUT2D eigenvalue weighted by atomic mass is 9.72. The van der Waals surface area contributed by atoms with E-state index in [2.05, 4.69) is 42.9 Å². The molecule has 0 aromatic carbocycles. The molecule has 2 unspecified atom stereocenters. The quantitative estimate of drug-likeness (QED) is 0.827. The molecule has 0 aromatic rings. The number of likely N-dealkylation sites (N-methyl/N-ethyl adjacent to an activating group) is 2. The smallest absolute Gasteiger partial charge is 0.0255 e. The van der Waals surface area contributed by atoms with E-state index < -0.39 is 0 Å². The molecule has 0 radical (unpaired) electrons. The van der Waals surface area contributed by atoms with E-state index in [9.17, 15) is 0 Å². The van der Waals surface area contributed by atoms with Gasteiger partial charge in [-0.15, -0.1) is 0 Å². The maximum Gasteiger partial charge on any atom is 0.0255 e. The molecule has 1 aliphatic heterocycles. The SMILES string of the molecule is CCNC1CCC(C)(C)CC1N1CCN(C)CC1. The van der Waals surface area contributed by atoms with Gasteiger partial charge in [-0.2, -0.15) is 0 Å². The van der Waals surface area contributed by atoms with Crippen molar-refractivity contribution >= 4 is 0 Å². The molecule has 1 saturated heterocycles. The summed E-state index contributed by atoms with van der Waals surface area (Å²) in [6, 6.07) is 1.47. The van der Waals surface area contributed by atoms with Crippen LogP contribution in [0.3, 0.4) is 0 Å². The van der Waals surface area contributed by atoms with Crippen LogP contribution in [-0.4, -0.2) is 61.7 Å². The predicted molar refractivity (Wildman–Crippen MR) is 78.0 cm³/mol. The highest BCUT2D eigenvalue weighted by atomic mass is 15.3. The second kappa shape index (κ2) is 5.89. The largest absolute Gasteiger partial charge is 0.313 e. The Morgan fingerprint density at radius 3 is 2.44 bits per heavy atom. The van der Waals surface area contributed by atoms with Gasteiger partial charge in [0.2, 0.25) is 0 Å². The van der Waals surface area contributed by atoms with Crippen LogP contribution in [0.15, 0.2) is 0 Å². The van der Waals surface area contributed by atoms with Crippen molar-refractivity contribution in [2.24, 2.45) is 5.41 Å². The van der Waals surface area contributed by atoms with Gasteiger partial charge in [-0.05, 0) is 38.3 Å². The number of hydrogen-bond acceptors (Lipinski definition) is 3. The van der Waals surface area contributed by atoms with E-state index in [1.807, 2.05) is 0 Å². The topological polar surface area (TPSA) is 18.5 Å². The van der Waals surface area contributed by atoms with E-state index in [1.54, 1.807) is 0 Å². The number of hydrogen-bond donors (Lipinski definition) is 1. The average molecular weight is 253 g/mol. The zero-order chi connectivity index (χ0) is 13.2. The Hall–Kier alpha value is -0.120. The van der Waals surface area contributed by atoms with Crippen LogP contribution in [0.5, 0.6) is 0 Å². The normalized spacial score (nSPS) is 34.7. The third-order valence-corrected chi connectivity index (χ3v) is 4.83. The zero-order valence-electron chi connectivity index (χ0n) is 12.7. The molecule has 106 valence electrons. The van der Waals surface area contributed by atoms with Crippen molar-refractivity contribution in [2.75, 3.05) is 39.8 Å². The van der Waals surface area contributed by atoms with Crippen molar-refractivity contribution in [1.29, 1.82) is 0 Å². The van der Waals surface area contributed by atoms with E-state index in [4.69, 9.17) is 0 Å². The van der Waals surface area contributed by atoms with E-state index in [0.29, 0.717) is 11.5 Å². The molecule has 1 heterocycles. The van der Waals surface area contributed by atoms with Gasteiger partial charge in [-0.1, -0.05) is 20.8 Å². The molecule has 0 aromatic heterocycles. The van der Waals surface area contributed by atoms with Gasteiger partial charge >= 0.3 is 0 Å². The van der Waals surface area contributed by atoms with E-state index >= 15 is 0 Å². The maximum absolute atomic E-state index is 3.73. The lowest BCUT2D eigenvalue weighted by Gasteiger charge is -2.48. The van der Waals surface area contributed by atoms with Crippen LogP contribution in [-0.2, 0) is 0 Å². The Balaban J connectivity index is 2.00. The summed E-state index contributed by atoms with van der Waals surface area (Å²) in [6.45, 7) is 13.2. The Kier molecular flexibility index (Phi) is 4.68. The summed E-state index contributed by atoms with van der Waals surface area (Å²) in [4.78, 5) is 5.20. The molecule has 1 aliphatic carbocycles. The van der Waals surface area contributed by atoms with Crippen molar-refractivity contribution in [2.45, 2.75) is 52.1 Å². The summed E-state index contributed by atoms with van der Waals surface area (Å²) in [7, 11) is 2.24. The third-order valence-electron chi connectivity index (χ3n) is 4.83. The molecule has 3 heteroatoms. The van der Waals surface area contributed by atoms with Crippen LogP contribution in [0.2, 0.25) is 0 Å². The van der Waals surface area contributed by atoms with Crippen LogP contribution in [0.1, 0.15) is 40.0 Å². The van der Waals surface area contributed by atoms with Gasteiger partial charge in [0, 0.05) is 38.3 Å². The molecule has 18 heavy (non-hydrogen) atoms. The lowest BCUT2D eigenvalue weighted by molar-refractivity contribution is 0.0352. The molecule has 1 saturated carbocycles. The molecular formula is C15H31N3. The summed E-state index contributed by atoms with van der Waals surface area (Å²) in [5.74, 6) is 0. The summed E-state index contributed by atoms with van der Waals surface area (Å²) < 4.78 is 0. The van der Waals surface area contributed by atoms with Crippen LogP contribution < -0.4 is 5.32 Å². The molecule has 0 spiro atoms. The van der Waals surface area contributed by atoms with Gasteiger partial charge < -0.3 is 10.2 Å². The molecular weight excluding hydrogens is 222 g/mol. The zero-order valence-corrected chi connectivity index (χ0v) is 12.7. The van der Waals surface area contributed by atoms with Crippen molar-refractivity contribution in [1.82, 2.24) is 15.1 Å². The summed E-state index contributed by atoms with van der Waals surface area (Å²) >= 11 is 0. The highest BCUT2D eigenvalue weighted by molar-refractivity contribution is 4.95. The van der Waals surface area contributed by atoms with Crippen molar-refractivity contribution in [3.63, 3.8) is 0 Å². The van der Waals surface area contributed by atoms with E-state index in [-0.39, 0.29) is 0 Å². The Morgan fingerprint density at radius 2 is 1.83 bits per heavy atom. The fourth-order valence-corrected chi connectivity index (χ4v) is 3.59. The number of piperazine rings is 1. The fourth-order valence-electron chi connectivity index (χ4n) is 3.59. The van der Waals surface area contributed by atoms with Crippen molar-refractivity contribution < 1.29 is 0 Å². The van der Waals surface area contributed by atoms with Crippen molar-refractivity contribution in [3.8, 4) is 0 Å². The minimum atomic E-state index is 0.528. The average Bonchev–Trinajstić information content (AvgIpc) is 2.32.